The maximum Gasteiger partial charge on any atom is 0.186 e. The minimum absolute atomic E-state index is 0.00646. The molecule has 0 bridgehead atoms. The number of nitrogens with one attached hydrogen (secondary N) is 1. The first-order chi connectivity index (χ1) is 8.15. The minimum Gasteiger partial charge on any atom is -0.391 e. The van der Waals surface area contributed by atoms with Crippen LogP contribution in [0.3, 0.4) is 0 Å². The second-order valence-corrected chi connectivity index (χ2v) is 4.66. The van der Waals surface area contributed by atoms with Gasteiger partial charge in [-0.2, -0.15) is 0 Å². The summed E-state index contributed by atoms with van der Waals surface area (Å²) in [5, 5.41) is 0.645. The summed E-state index contributed by atoms with van der Waals surface area (Å²) in [5.41, 5.74) is 6.08. The highest BCUT2D eigenvalue weighted by Crippen LogP contribution is 2.29. The number of nitrogens with two attached hydrogens (primary N) is 1. The normalized spacial score (nSPS) is 11.2. The van der Waals surface area contributed by atoms with E-state index in [1.54, 1.807) is 12.1 Å². The second kappa shape index (κ2) is 3.53. The number of anilines is 1. The molecule has 86 valence electrons. The Kier molecular flexibility index (Phi) is 2.12. The van der Waals surface area contributed by atoms with Crippen LogP contribution in [-0.4, -0.2) is 9.97 Å². The van der Waals surface area contributed by atoms with E-state index < -0.39 is 11.6 Å². The van der Waals surface area contributed by atoms with E-state index in [1.807, 2.05) is 0 Å². The van der Waals surface area contributed by atoms with Gasteiger partial charge in [-0.3, -0.25) is 0 Å². The van der Waals surface area contributed by atoms with Crippen LogP contribution in [0.1, 0.15) is 0 Å². The van der Waals surface area contributed by atoms with E-state index in [4.69, 9.17) is 5.73 Å². The van der Waals surface area contributed by atoms with Crippen molar-refractivity contribution in [1.29, 1.82) is 0 Å². The number of nitrogen functional groups attached to an aromatic ring is 1. The topological polar surface area (TPSA) is 54.7 Å². The van der Waals surface area contributed by atoms with Gasteiger partial charge in [-0.05, 0) is 24.3 Å². The lowest BCUT2D eigenvalue weighted by atomic mass is 10.3. The summed E-state index contributed by atoms with van der Waals surface area (Å²) >= 11 is 1.33. The summed E-state index contributed by atoms with van der Waals surface area (Å²) in [6, 6.07) is 6.06. The lowest BCUT2D eigenvalue weighted by Gasteiger charge is -1.91. The van der Waals surface area contributed by atoms with Crippen molar-refractivity contribution in [2.75, 3.05) is 5.73 Å². The molecule has 0 aliphatic rings. The molecule has 0 saturated heterocycles. The summed E-state index contributed by atoms with van der Waals surface area (Å²) in [6.07, 6.45) is 0. The van der Waals surface area contributed by atoms with E-state index in [0.29, 0.717) is 16.3 Å². The third kappa shape index (κ3) is 1.57. The molecule has 6 heteroatoms. The first kappa shape index (κ1) is 10.2. The molecule has 3 rings (SSSR count). The number of hydrogen-bond acceptors (Lipinski definition) is 3. The van der Waals surface area contributed by atoms with Crippen molar-refractivity contribution in [3.63, 3.8) is 0 Å². The number of nitrogens with zero attached hydrogens (tertiary/aromatic N) is 1. The van der Waals surface area contributed by atoms with Crippen LogP contribution in [0, 0.1) is 11.6 Å². The van der Waals surface area contributed by atoms with Crippen molar-refractivity contribution >= 4 is 27.4 Å². The van der Waals surface area contributed by atoms with Gasteiger partial charge in [0, 0.05) is 0 Å². The summed E-state index contributed by atoms with van der Waals surface area (Å²) in [7, 11) is 0. The Morgan fingerprint density at radius 2 is 2.00 bits per heavy atom. The number of fused-ring (bicyclic) bond motifs is 1. The molecule has 3 N–H and O–H groups in total. The van der Waals surface area contributed by atoms with Crippen molar-refractivity contribution in [3.8, 4) is 10.7 Å². The number of aromatic nitrogens is 2. The maximum atomic E-state index is 13.5. The lowest BCUT2D eigenvalue weighted by molar-refractivity contribution is 0.515. The zero-order valence-corrected chi connectivity index (χ0v) is 9.31. The van der Waals surface area contributed by atoms with Gasteiger partial charge in [0.1, 0.15) is 11.3 Å². The van der Waals surface area contributed by atoms with E-state index in [9.17, 15) is 8.78 Å². The standard InChI is InChI=1S/C11H7F2N3S/c12-5-1-2-6-10(9(5)13)16-11(15-6)7-3-4-8(14)17-7/h1-4H,14H2,(H,15,16). The number of rotatable bonds is 1. The number of aromatic amines is 1. The van der Waals surface area contributed by atoms with E-state index in [-0.39, 0.29) is 5.52 Å². The minimum atomic E-state index is -0.936. The maximum absolute atomic E-state index is 13.5. The molecule has 3 aromatic rings. The molecular weight excluding hydrogens is 244 g/mol. The van der Waals surface area contributed by atoms with Crippen LogP contribution < -0.4 is 5.73 Å². The van der Waals surface area contributed by atoms with Crippen molar-refractivity contribution in [3.05, 3.63) is 35.9 Å². The summed E-state index contributed by atoms with van der Waals surface area (Å²) < 4.78 is 26.5. The molecule has 0 radical (unpaired) electrons. The number of thiophene rings is 1. The number of H-pyrrole nitrogens is 1. The molecule has 2 heterocycles. The van der Waals surface area contributed by atoms with Crippen LogP contribution in [0.4, 0.5) is 13.8 Å². The van der Waals surface area contributed by atoms with Gasteiger partial charge in [0.05, 0.1) is 15.4 Å². The molecular formula is C11H7F2N3S. The Morgan fingerprint density at radius 1 is 1.18 bits per heavy atom. The molecule has 0 fully saturated rings. The molecule has 3 nitrogen and oxygen atoms in total. The lowest BCUT2D eigenvalue weighted by Crippen LogP contribution is -1.84. The van der Waals surface area contributed by atoms with Gasteiger partial charge < -0.3 is 10.7 Å². The van der Waals surface area contributed by atoms with Crippen LogP contribution in [0.2, 0.25) is 0 Å². The fraction of sp³-hybridized carbons (Fsp3) is 0. The molecule has 0 atom stereocenters. The third-order valence-corrected chi connectivity index (χ3v) is 3.33. The number of benzene rings is 1. The van der Waals surface area contributed by atoms with Crippen LogP contribution in [0.25, 0.3) is 21.7 Å². The molecule has 0 saturated carbocycles. The highest BCUT2D eigenvalue weighted by atomic mass is 32.1. The quantitative estimate of drug-likeness (QED) is 0.698. The SMILES string of the molecule is Nc1ccc(-c2nc3c(F)c(F)ccc3[nH]2)s1. The van der Waals surface area contributed by atoms with E-state index in [1.165, 1.54) is 17.4 Å². The smallest absolute Gasteiger partial charge is 0.186 e. The third-order valence-electron chi connectivity index (χ3n) is 2.41. The predicted octanol–water partition coefficient (Wildman–Crippen LogP) is 3.15. The van der Waals surface area contributed by atoms with Gasteiger partial charge in [0.2, 0.25) is 0 Å². The van der Waals surface area contributed by atoms with Gasteiger partial charge in [-0.25, -0.2) is 13.8 Å². The van der Waals surface area contributed by atoms with Crippen LogP contribution in [0.15, 0.2) is 24.3 Å². The van der Waals surface area contributed by atoms with Gasteiger partial charge in [0.15, 0.2) is 11.6 Å². The Morgan fingerprint density at radius 3 is 2.71 bits per heavy atom. The summed E-state index contributed by atoms with van der Waals surface area (Å²) in [4.78, 5) is 7.76. The highest BCUT2D eigenvalue weighted by molar-refractivity contribution is 7.19. The fourth-order valence-electron chi connectivity index (χ4n) is 1.61. The Labute approximate surface area is 98.9 Å². The number of imidazole rings is 1. The molecule has 1 aromatic carbocycles. The average Bonchev–Trinajstić information content (AvgIpc) is 2.90. The monoisotopic (exact) mass is 251 g/mol. The van der Waals surface area contributed by atoms with Crippen molar-refractivity contribution < 1.29 is 8.78 Å². The zero-order chi connectivity index (χ0) is 12.0. The molecule has 0 amide bonds. The summed E-state index contributed by atoms with van der Waals surface area (Å²) in [5.74, 6) is -1.35. The van der Waals surface area contributed by atoms with Gasteiger partial charge in [-0.15, -0.1) is 11.3 Å². The Bertz CT molecular complexity index is 702. The Hall–Kier alpha value is -1.95. The highest BCUT2D eigenvalue weighted by Gasteiger charge is 2.13. The Balaban J connectivity index is 2.23. The molecule has 0 aliphatic carbocycles. The van der Waals surface area contributed by atoms with Crippen LogP contribution in [0.5, 0.6) is 0 Å². The first-order valence-electron chi connectivity index (χ1n) is 4.84. The van der Waals surface area contributed by atoms with Gasteiger partial charge >= 0.3 is 0 Å². The van der Waals surface area contributed by atoms with Crippen molar-refractivity contribution in [2.24, 2.45) is 0 Å². The zero-order valence-electron chi connectivity index (χ0n) is 8.50. The van der Waals surface area contributed by atoms with Crippen molar-refractivity contribution in [2.45, 2.75) is 0 Å². The van der Waals surface area contributed by atoms with Crippen LogP contribution >= 0.6 is 11.3 Å². The van der Waals surface area contributed by atoms with Crippen LogP contribution in [-0.2, 0) is 0 Å². The van der Waals surface area contributed by atoms with Gasteiger partial charge in [-0.1, -0.05) is 0 Å². The number of hydrogen-bond donors (Lipinski definition) is 2. The van der Waals surface area contributed by atoms with E-state index in [2.05, 4.69) is 9.97 Å². The number of halogens is 2. The molecule has 0 unspecified atom stereocenters. The average molecular weight is 251 g/mol. The predicted molar refractivity (Wildman–Crippen MR) is 63.7 cm³/mol. The van der Waals surface area contributed by atoms with E-state index in [0.717, 1.165) is 10.9 Å². The molecule has 17 heavy (non-hydrogen) atoms. The fourth-order valence-corrected chi connectivity index (χ4v) is 2.33. The van der Waals surface area contributed by atoms with E-state index >= 15 is 0 Å². The largest absolute Gasteiger partial charge is 0.391 e. The van der Waals surface area contributed by atoms with Gasteiger partial charge in [0.25, 0.3) is 0 Å². The second-order valence-electron chi connectivity index (χ2n) is 3.54. The molecule has 2 aromatic heterocycles. The summed E-state index contributed by atoms with van der Waals surface area (Å²) in [6.45, 7) is 0. The van der Waals surface area contributed by atoms with Crippen molar-refractivity contribution in [1.82, 2.24) is 9.97 Å². The first-order valence-corrected chi connectivity index (χ1v) is 5.66. The molecule has 0 spiro atoms. The molecule has 0 aliphatic heterocycles.